The summed E-state index contributed by atoms with van der Waals surface area (Å²) in [5.74, 6) is 0.444. The maximum absolute atomic E-state index is 11.9. The molecule has 1 aromatic rings. The second kappa shape index (κ2) is 6.35. The molecule has 5 heteroatoms. The standard InChI is InChI=1S/C15H20BrClN2O/c1-2-10-5-7-15(8-6-10,14(18)20)19-11-3-4-13(17)12(16)9-11/h3-4,9-10,19H,2,5-8H2,1H3,(H2,18,20). The summed E-state index contributed by atoms with van der Waals surface area (Å²) in [5, 5.41) is 3.99. The van der Waals surface area contributed by atoms with Crippen LogP contribution < -0.4 is 11.1 Å². The zero-order chi connectivity index (χ0) is 14.8. The molecule has 3 N–H and O–H groups in total. The lowest BCUT2D eigenvalue weighted by molar-refractivity contribution is -0.123. The molecule has 3 nitrogen and oxygen atoms in total. The van der Waals surface area contributed by atoms with Crippen LogP contribution in [-0.4, -0.2) is 11.4 Å². The van der Waals surface area contributed by atoms with Crippen LogP contribution in [0.2, 0.25) is 5.02 Å². The van der Waals surface area contributed by atoms with Gasteiger partial charge in [0.05, 0.1) is 5.02 Å². The third-order valence-corrected chi connectivity index (χ3v) is 5.52. The van der Waals surface area contributed by atoms with Gasteiger partial charge in [0.15, 0.2) is 0 Å². The van der Waals surface area contributed by atoms with E-state index in [1.54, 1.807) is 6.07 Å². The van der Waals surface area contributed by atoms with E-state index in [0.717, 1.165) is 35.8 Å². The fourth-order valence-electron chi connectivity index (χ4n) is 2.86. The van der Waals surface area contributed by atoms with E-state index in [2.05, 4.69) is 28.2 Å². The maximum Gasteiger partial charge on any atom is 0.243 e. The van der Waals surface area contributed by atoms with Crippen molar-refractivity contribution >= 4 is 39.1 Å². The molecule has 0 unspecified atom stereocenters. The summed E-state index contributed by atoms with van der Waals surface area (Å²) >= 11 is 9.39. The molecule has 110 valence electrons. The number of rotatable bonds is 4. The molecular weight excluding hydrogens is 340 g/mol. The number of hydrogen-bond donors (Lipinski definition) is 2. The Labute approximate surface area is 133 Å². The van der Waals surface area contributed by atoms with E-state index in [9.17, 15) is 4.79 Å². The Morgan fingerprint density at radius 2 is 2.15 bits per heavy atom. The number of hydrogen-bond acceptors (Lipinski definition) is 2. The summed E-state index contributed by atoms with van der Waals surface area (Å²) in [5.41, 5.74) is 5.91. The highest BCUT2D eigenvalue weighted by Crippen LogP contribution is 2.37. The zero-order valence-corrected chi connectivity index (χ0v) is 13.9. The molecule has 0 spiro atoms. The summed E-state index contributed by atoms with van der Waals surface area (Å²) in [6.07, 6.45) is 4.84. The number of nitrogens with two attached hydrogens (primary N) is 1. The van der Waals surface area contributed by atoms with Crippen molar-refractivity contribution < 1.29 is 4.79 Å². The SMILES string of the molecule is CCC1CCC(Nc2ccc(Cl)c(Br)c2)(C(N)=O)CC1. The smallest absolute Gasteiger partial charge is 0.243 e. The van der Waals surface area contributed by atoms with E-state index in [0.29, 0.717) is 10.9 Å². The Morgan fingerprint density at radius 3 is 2.65 bits per heavy atom. The number of benzene rings is 1. The van der Waals surface area contributed by atoms with Crippen LogP contribution in [0.3, 0.4) is 0 Å². The third kappa shape index (κ3) is 3.29. The molecule has 1 fully saturated rings. The minimum absolute atomic E-state index is 0.266. The number of primary amides is 1. The number of anilines is 1. The minimum atomic E-state index is -0.626. The van der Waals surface area contributed by atoms with Crippen molar-refractivity contribution in [2.24, 2.45) is 11.7 Å². The van der Waals surface area contributed by atoms with Crippen LogP contribution in [0.15, 0.2) is 22.7 Å². The topological polar surface area (TPSA) is 55.1 Å². The van der Waals surface area contributed by atoms with Crippen LogP contribution >= 0.6 is 27.5 Å². The monoisotopic (exact) mass is 358 g/mol. The predicted octanol–water partition coefficient (Wildman–Crippen LogP) is 4.34. The summed E-state index contributed by atoms with van der Waals surface area (Å²) in [6.45, 7) is 2.20. The van der Waals surface area contributed by atoms with Gasteiger partial charge in [0.2, 0.25) is 5.91 Å². The first-order valence-corrected chi connectivity index (χ1v) is 8.17. The zero-order valence-electron chi connectivity index (χ0n) is 11.6. The molecule has 20 heavy (non-hydrogen) atoms. The van der Waals surface area contributed by atoms with E-state index < -0.39 is 5.54 Å². The molecule has 1 aliphatic carbocycles. The summed E-state index contributed by atoms with van der Waals surface area (Å²) < 4.78 is 0.811. The van der Waals surface area contributed by atoms with Gasteiger partial charge in [0, 0.05) is 10.2 Å². The molecular formula is C15H20BrClN2O. The van der Waals surface area contributed by atoms with E-state index in [1.807, 2.05) is 12.1 Å². The quantitative estimate of drug-likeness (QED) is 0.840. The largest absolute Gasteiger partial charge is 0.371 e. The van der Waals surface area contributed by atoms with Crippen LogP contribution in [0.4, 0.5) is 5.69 Å². The van der Waals surface area contributed by atoms with Gasteiger partial charge in [-0.05, 0) is 65.7 Å². The van der Waals surface area contributed by atoms with Crippen LogP contribution in [0.25, 0.3) is 0 Å². The number of amides is 1. The van der Waals surface area contributed by atoms with Crippen molar-refractivity contribution in [3.8, 4) is 0 Å². The first-order valence-electron chi connectivity index (χ1n) is 7.00. The van der Waals surface area contributed by atoms with Gasteiger partial charge in [-0.15, -0.1) is 0 Å². The third-order valence-electron chi connectivity index (χ3n) is 4.31. The highest BCUT2D eigenvalue weighted by atomic mass is 79.9. The lowest BCUT2D eigenvalue weighted by Gasteiger charge is -2.39. The lowest BCUT2D eigenvalue weighted by Crippen LogP contribution is -2.52. The van der Waals surface area contributed by atoms with Crippen LogP contribution in [-0.2, 0) is 4.79 Å². The molecule has 0 saturated heterocycles. The Morgan fingerprint density at radius 1 is 1.50 bits per heavy atom. The first-order chi connectivity index (χ1) is 9.47. The van der Waals surface area contributed by atoms with Crippen molar-refractivity contribution in [1.29, 1.82) is 0 Å². The van der Waals surface area contributed by atoms with Crippen molar-refractivity contribution in [3.05, 3.63) is 27.7 Å². The van der Waals surface area contributed by atoms with Crippen molar-refractivity contribution in [1.82, 2.24) is 0 Å². The van der Waals surface area contributed by atoms with Crippen LogP contribution in [0.5, 0.6) is 0 Å². The van der Waals surface area contributed by atoms with Gasteiger partial charge in [-0.25, -0.2) is 0 Å². The van der Waals surface area contributed by atoms with Gasteiger partial charge in [-0.3, -0.25) is 4.79 Å². The molecule has 1 aliphatic rings. The average Bonchev–Trinajstić information content (AvgIpc) is 2.43. The Bertz CT molecular complexity index is 499. The summed E-state index contributed by atoms with van der Waals surface area (Å²) in [4.78, 5) is 11.9. The second-order valence-electron chi connectivity index (χ2n) is 5.55. The molecule has 0 atom stereocenters. The number of carbonyl (C=O) groups is 1. The van der Waals surface area contributed by atoms with Gasteiger partial charge in [-0.1, -0.05) is 24.9 Å². The second-order valence-corrected chi connectivity index (χ2v) is 6.81. The van der Waals surface area contributed by atoms with E-state index in [1.165, 1.54) is 6.42 Å². The van der Waals surface area contributed by atoms with E-state index >= 15 is 0 Å². The molecule has 0 aliphatic heterocycles. The molecule has 2 rings (SSSR count). The molecule has 0 aromatic heterocycles. The normalized spacial score (nSPS) is 26.2. The number of halogens is 2. The van der Waals surface area contributed by atoms with E-state index in [-0.39, 0.29) is 5.91 Å². The summed E-state index contributed by atoms with van der Waals surface area (Å²) in [6, 6.07) is 5.57. The molecule has 0 bridgehead atoms. The number of carbonyl (C=O) groups excluding carboxylic acids is 1. The number of nitrogens with one attached hydrogen (secondary N) is 1. The lowest BCUT2D eigenvalue weighted by atomic mass is 9.75. The van der Waals surface area contributed by atoms with Gasteiger partial charge >= 0.3 is 0 Å². The van der Waals surface area contributed by atoms with Gasteiger partial charge in [-0.2, -0.15) is 0 Å². The molecule has 0 heterocycles. The predicted molar refractivity (Wildman–Crippen MR) is 86.9 cm³/mol. The average molecular weight is 360 g/mol. The first kappa shape index (κ1) is 15.6. The Balaban J connectivity index is 2.17. The van der Waals surface area contributed by atoms with Crippen LogP contribution in [0, 0.1) is 5.92 Å². The highest BCUT2D eigenvalue weighted by Gasteiger charge is 2.40. The van der Waals surface area contributed by atoms with E-state index in [4.69, 9.17) is 17.3 Å². The van der Waals surface area contributed by atoms with Crippen molar-refractivity contribution in [2.45, 2.75) is 44.6 Å². The fourth-order valence-corrected chi connectivity index (χ4v) is 3.36. The van der Waals surface area contributed by atoms with Gasteiger partial charge in [0.25, 0.3) is 0 Å². The fraction of sp³-hybridized carbons (Fsp3) is 0.533. The molecule has 1 saturated carbocycles. The minimum Gasteiger partial charge on any atom is -0.371 e. The van der Waals surface area contributed by atoms with Crippen molar-refractivity contribution in [2.75, 3.05) is 5.32 Å². The Kier molecular flexibility index (Phi) is 4.97. The van der Waals surface area contributed by atoms with Crippen LogP contribution in [0.1, 0.15) is 39.0 Å². The Hall–Kier alpha value is -0.740. The molecule has 1 aromatic carbocycles. The maximum atomic E-state index is 11.9. The molecule has 0 radical (unpaired) electrons. The van der Waals surface area contributed by atoms with Gasteiger partial charge in [0.1, 0.15) is 5.54 Å². The highest BCUT2D eigenvalue weighted by molar-refractivity contribution is 9.10. The summed E-state index contributed by atoms with van der Waals surface area (Å²) in [7, 11) is 0. The molecule has 1 amide bonds. The van der Waals surface area contributed by atoms with Crippen molar-refractivity contribution in [3.63, 3.8) is 0 Å². The van der Waals surface area contributed by atoms with Gasteiger partial charge < -0.3 is 11.1 Å².